The van der Waals surface area contributed by atoms with Gasteiger partial charge in [-0.3, -0.25) is 0 Å². The number of methoxy groups -OCH3 is 2. The molecule has 160 valence electrons. The number of nitrogens with zero attached hydrogens (tertiary/aromatic N) is 3. The molecule has 7 nitrogen and oxygen atoms in total. The van der Waals surface area contributed by atoms with Gasteiger partial charge in [0, 0.05) is 17.7 Å². The van der Waals surface area contributed by atoms with E-state index in [0.717, 1.165) is 12.1 Å². The first kappa shape index (κ1) is 20.5. The quantitative estimate of drug-likeness (QED) is 0.430. The molecule has 31 heavy (non-hydrogen) atoms. The van der Waals surface area contributed by atoms with Crippen LogP contribution in [0.4, 0.5) is 13.2 Å². The van der Waals surface area contributed by atoms with Crippen LogP contribution >= 0.6 is 0 Å². The fourth-order valence-corrected chi connectivity index (χ4v) is 2.96. The number of hydrogen-bond acceptors (Lipinski definition) is 7. The van der Waals surface area contributed by atoms with Gasteiger partial charge in [-0.1, -0.05) is 17.3 Å². The van der Waals surface area contributed by atoms with E-state index in [1.54, 1.807) is 18.2 Å². The Bertz CT molecular complexity index is 1210. The van der Waals surface area contributed by atoms with Gasteiger partial charge in [0.1, 0.15) is 12.0 Å². The number of ether oxygens (including phenoxy) is 3. The van der Waals surface area contributed by atoms with Crippen LogP contribution in [-0.2, 0) is 12.8 Å². The lowest BCUT2D eigenvalue weighted by molar-refractivity contribution is -0.137. The predicted molar refractivity (Wildman–Crippen MR) is 104 cm³/mol. The van der Waals surface area contributed by atoms with Crippen LogP contribution < -0.4 is 14.2 Å². The molecule has 0 radical (unpaired) electrons. The topological polar surface area (TPSA) is 79.5 Å². The molecular weight excluding hydrogens is 415 g/mol. The fraction of sp³-hybridized carbons (Fsp3) is 0.190. The molecule has 0 aliphatic rings. The number of aromatic nitrogens is 3. The van der Waals surface area contributed by atoms with E-state index in [1.807, 2.05) is 0 Å². The lowest BCUT2D eigenvalue weighted by Gasteiger charge is -2.10. The second-order valence-corrected chi connectivity index (χ2v) is 6.45. The van der Waals surface area contributed by atoms with Gasteiger partial charge in [0.2, 0.25) is 5.88 Å². The van der Waals surface area contributed by atoms with Crippen molar-refractivity contribution in [3.05, 3.63) is 60.1 Å². The molecule has 0 saturated carbocycles. The van der Waals surface area contributed by atoms with Crippen LogP contribution in [0.25, 0.3) is 22.2 Å². The molecule has 10 heteroatoms. The maximum absolute atomic E-state index is 12.7. The molecule has 2 aromatic heterocycles. The van der Waals surface area contributed by atoms with Crippen molar-refractivity contribution in [3.8, 4) is 28.6 Å². The summed E-state index contributed by atoms with van der Waals surface area (Å²) in [5.74, 6) is 1.70. The molecule has 0 spiro atoms. The number of fused-ring (bicyclic) bond motifs is 1. The van der Waals surface area contributed by atoms with E-state index in [1.165, 1.54) is 32.7 Å². The third kappa shape index (κ3) is 4.23. The second-order valence-electron chi connectivity index (χ2n) is 6.45. The standard InChI is InChI=1S/C21H16F3N3O4/c1-28-18-8-15-17(9-19(18)29-2)25-11-26-20(15)30-10-14-7-16(27-31-14)12-3-5-13(6-4-12)21(22,23)24/h3-9,11H,10H2,1-2H3. The van der Waals surface area contributed by atoms with E-state index in [4.69, 9.17) is 18.7 Å². The molecule has 0 bridgehead atoms. The van der Waals surface area contributed by atoms with Crippen LogP contribution in [0.2, 0.25) is 0 Å². The van der Waals surface area contributed by atoms with E-state index >= 15 is 0 Å². The molecule has 0 atom stereocenters. The SMILES string of the molecule is COc1cc2ncnc(OCc3cc(-c4ccc(C(F)(F)F)cc4)no3)c2cc1OC. The number of benzene rings is 2. The van der Waals surface area contributed by atoms with Crippen molar-refractivity contribution in [1.29, 1.82) is 0 Å². The van der Waals surface area contributed by atoms with Crippen molar-refractivity contribution in [2.45, 2.75) is 12.8 Å². The van der Waals surface area contributed by atoms with Crippen LogP contribution in [0, 0.1) is 0 Å². The highest BCUT2D eigenvalue weighted by Gasteiger charge is 2.30. The Morgan fingerprint density at radius 2 is 1.65 bits per heavy atom. The molecule has 2 aromatic carbocycles. The van der Waals surface area contributed by atoms with Crippen molar-refractivity contribution >= 4 is 10.9 Å². The molecule has 0 unspecified atom stereocenters. The zero-order chi connectivity index (χ0) is 22.0. The van der Waals surface area contributed by atoms with E-state index in [0.29, 0.717) is 45.3 Å². The maximum Gasteiger partial charge on any atom is 0.416 e. The van der Waals surface area contributed by atoms with Gasteiger partial charge in [-0.15, -0.1) is 0 Å². The molecule has 0 saturated heterocycles. The molecule has 0 amide bonds. The Morgan fingerprint density at radius 3 is 2.32 bits per heavy atom. The highest BCUT2D eigenvalue weighted by atomic mass is 19.4. The fourth-order valence-electron chi connectivity index (χ4n) is 2.96. The third-order valence-electron chi connectivity index (χ3n) is 4.52. The van der Waals surface area contributed by atoms with Gasteiger partial charge in [-0.25, -0.2) is 9.97 Å². The molecule has 0 aliphatic heterocycles. The summed E-state index contributed by atoms with van der Waals surface area (Å²) in [5.41, 5.74) is 0.759. The summed E-state index contributed by atoms with van der Waals surface area (Å²) >= 11 is 0. The first-order valence-corrected chi connectivity index (χ1v) is 9.02. The highest BCUT2D eigenvalue weighted by Crippen LogP contribution is 2.35. The van der Waals surface area contributed by atoms with E-state index < -0.39 is 11.7 Å². The smallest absolute Gasteiger partial charge is 0.416 e. The van der Waals surface area contributed by atoms with Crippen LogP contribution in [0.1, 0.15) is 11.3 Å². The van der Waals surface area contributed by atoms with Gasteiger partial charge in [0.25, 0.3) is 0 Å². The number of halogens is 3. The predicted octanol–water partition coefficient (Wildman–Crippen LogP) is 4.90. The molecule has 0 aliphatic carbocycles. The Hall–Kier alpha value is -3.82. The lowest BCUT2D eigenvalue weighted by Crippen LogP contribution is -2.03. The molecule has 0 fully saturated rings. The number of rotatable bonds is 6. The molecular formula is C21H16F3N3O4. The van der Waals surface area contributed by atoms with Crippen LogP contribution in [0.15, 0.2) is 53.3 Å². The van der Waals surface area contributed by atoms with Crippen LogP contribution in [0.3, 0.4) is 0 Å². The minimum atomic E-state index is -4.39. The minimum Gasteiger partial charge on any atom is -0.493 e. The molecule has 4 rings (SSSR count). The molecule has 2 heterocycles. The summed E-state index contributed by atoms with van der Waals surface area (Å²) in [6, 6.07) is 9.67. The van der Waals surface area contributed by atoms with Crippen molar-refractivity contribution in [2.24, 2.45) is 0 Å². The first-order valence-electron chi connectivity index (χ1n) is 9.02. The van der Waals surface area contributed by atoms with E-state index in [-0.39, 0.29) is 6.61 Å². The average Bonchev–Trinajstić information content (AvgIpc) is 3.25. The lowest BCUT2D eigenvalue weighted by atomic mass is 10.1. The summed E-state index contributed by atoms with van der Waals surface area (Å²) in [5, 5.41) is 4.51. The van der Waals surface area contributed by atoms with Gasteiger partial charge in [-0.05, 0) is 18.2 Å². The Morgan fingerprint density at radius 1 is 0.935 bits per heavy atom. The zero-order valence-corrected chi connectivity index (χ0v) is 16.4. The summed E-state index contributed by atoms with van der Waals surface area (Å²) in [6.45, 7) is 0.00803. The first-order chi connectivity index (χ1) is 14.9. The van der Waals surface area contributed by atoms with Gasteiger partial charge in [-0.2, -0.15) is 13.2 Å². The van der Waals surface area contributed by atoms with Crippen molar-refractivity contribution < 1.29 is 31.9 Å². The summed E-state index contributed by atoms with van der Waals surface area (Å²) in [4.78, 5) is 8.36. The van der Waals surface area contributed by atoms with Gasteiger partial charge in [0.15, 0.2) is 23.9 Å². The highest BCUT2D eigenvalue weighted by molar-refractivity contribution is 5.86. The van der Waals surface area contributed by atoms with Gasteiger partial charge >= 0.3 is 6.18 Å². The Balaban J connectivity index is 1.53. The third-order valence-corrected chi connectivity index (χ3v) is 4.52. The van der Waals surface area contributed by atoms with Crippen LogP contribution in [-0.4, -0.2) is 29.3 Å². The normalized spacial score (nSPS) is 11.5. The summed E-state index contributed by atoms with van der Waals surface area (Å²) in [7, 11) is 3.05. The Labute approximate surface area is 174 Å². The van der Waals surface area contributed by atoms with Crippen molar-refractivity contribution in [1.82, 2.24) is 15.1 Å². The largest absolute Gasteiger partial charge is 0.493 e. The average molecular weight is 431 g/mol. The van der Waals surface area contributed by atoms with E-state index in [2.05, 4.69) is 15.1 Å². The molecule has 0 N–H and O–H groups in total. The maximum atomic E-state index is 12.7. The van der Waals surface area contributed by atoms with Crippen molar-refractivity contribution in [3.63, 3.8) is 0 Å². The monoisotopic (exact) mass is 431 g/mol. The zero-order valence-electron chi connectivity index (χ0n) is 16.4. The Kier molecular flexibility index (Phi) is 5.37. The second kappa shape index (κ2) is 8.13. The number of hydrogen-bond donors (Lipinski definition) is 0. The number of alkyl halides is 3. The van der Waals surface area contributed by atoms with Gasteiger partial charge in [0.05, 0.1) is 30.7 Å². The van der Waals surface area contributed by atoms with E-state index in [9.17, 15) is 13.2 Å². The van der Waals surface area contributed by atoms with Gasteiger partial charge < -0.3 is 18.7 Å². The summed E-state index contributed by atoms with van der Waals surface area (Å²) < 4.78 is 59.7. The summed E-state index contributed by atoms with van der Waals surface area (Å²) in [6.07, 6.45) is -3.04. The minimum absolute atomic E-state index is 0.00803. The van der Waals surface area contributed by atoms with Crippen molar-refractivity contribution in [2.75, 3.05) is 14.2 Å². The molecule has 4 aromatic rings. The van der Waals surface area contributed by atoms with Crippen LogP contribution in [0.5, 0.6) is 17.4 Å².